The van der Waals surface area contributed by atoms with Crippen molar-refractivity contribution in [3.63, 3.8) is 0 Å². The first-order chi connectivity index (χ1) is 10.9. The van der Waals surface area contributed by atoms with Crippen LogP contribution in [0.3, 0.4) is 0 Å². The van der Waals surface area contributed by atoms with Crippen molar-refractivity contribution in [3.05, 3.63) is 23.7 Å². The average molecular weight is 342 g/mol. The summed E-state index contributed by atoms with van der Waals surface area (Å²) >= 11 is 0. The molecule has 0 unspecified atom stereocenters. The first-order valence-electron chi connectivity index (χ1n) is 7.80. The maximum Gasteiger partial charge on any atom is 0.225 e. The number of aliphatic hydroxyl groups is 1. The van der Waals surface area contributed by atoms with Crippen LogP contribution in [0.15, 0.2) is 16.5 Å². The highest BCUT2D eigenvalue weighted by atomic mass is 32.2. The molecule has 1 amide bonds. The van der Waals surface area contributed by atoms with Gasteiger partial charge in [0, 0.05) is 25.6 Å². The zero-order valence-corrected chi connectivity index (χ0v) is 14.0. The molecule has 3 rings (SSSR count). The number of furan rings is 1. The number of piperazine rings is 1. The second-order valence-corrected chi connectivity index (χ2v) is 8.41. The molecule has 2 saturated heterocycles. The van der Waals surface area contributed by atoms with E-state index in [1.54, 1.807) is 4.90 Å². The summed E-state index contributed by atoms with van der Waals surface area (Å²) in [4.78, 5) is 15.9. The number of hydrogen-bond donors (Lipinski definition) is 1. The van der Waals surface area contributed by atoms with E-state index in [2.05, 4.69) is 4.90 Å². The van der Waals surface area contributed by atoms with E-state index < -0.39 is 9.84 Å². The van der Waals surface area contributed by atoms with E-state index in [1.165, 1.54) is 0 Å². The Balaban J connectivity index is 1.79. The molecule has 3 heterocycles. The number of nitrogens with zero attached hydrogens (tertiary/aromatic N) is 2. The van der Waals surface area contributed by atoms with Crippen LogP contribution in [0.1, 0.15) is 17.9 Å². The van der Waals surface area contributed by atoms with Gasteiger partial charge in [0.15, 0.2) is 9.84 Å². The van der Waals surface area contributed by atoms with Gasteiger partial charge in [-0.15, -0.1) is 0 Å². The molecule has 1 N–H and O–H groups in total. The van der Waals surface area contributed by atoms with Gasteiger partial charge in [-0.2, -0.15) is 0 Å². The number of fused-ring (bicyclic) bond motifs is 1. The topological polar surface area (TPSA) is 91.1 Å². The molecule has 0 spiro atoms. The van der Waals surface area contributed by atoms with Crippen molar-refractivity contribution in [1.82, 2.24) is 9.80 Å². The molecule has 23 heavy (non-hydrogen) atoms. The largest absolute Gasteiger partial charge is 0.465 e. The fraction of sp³-hybridized carbons (Fsp3) is 0.667. The van der Waals surface area contributed by atoms with E-state index in [1.807, 2.05) is 19.1 Å². The molecule has 2 atom stereocenters. The van der Waals surface area contributed by atoms with Crippen molar-refractivity contribution >= 4 is 15.7 Å². The summed E-state index contributed by atoms with van der Waals surface area (Å²) in [5.74, 6) is 1.53. The third kappa shape index (κ3) is 3.44. The lowest BCUT2D eigenvalue weighted by Gasteiger charge is -2.43. The van der Waals surface area contributed by atoms with Crippen LogP contribution < -0.4 is 0 Å². The Labute approximate surface area is 135 Å². The normalized spacial score (nSPS) is 27.1. The minimum atomic E-state index is -3.16. The molecular formula is C15H22N2O5S. The molecule has 1 aromatic rings. The standard InChI is InChI=1S/C15H22N2O5S/c1-11-2-3-12(22-11)8-16-5-6-17(15(19)4-7-18)14-10-23(20,21)9-13(14)16/h2-3,13-14,18H,4-10H2,1H3/t13-,14+/m1/s1. The average Bonchev–Trinajstić information content (AvgIpc) is 3.01. The first kappa shape index (κ1) is 16.5. The van der Waals surface area contributed by atoms with Crippen LogP contribution in [-0.2, 0) is 21.2 Å². The van der Waals surface area contributed by atoms with Crippen LogP contribution in [0.5, 0.6) is 0 Å². The van der Waals surface area contributed by atoms with Crippen LogP contribution in [0, 0.1) is 6.92 Å². The Kier molecular flexibility index (Phi) is 4.48. The maximum atomic E-state index is 12.2. The minimum absolute atomic E-state index is 0.00250. The predicted octanol–water partition coefficient (Wildman–Crippen LogP) is -0.220. The van der Waals surface area contributed by atoms with Gasteiger partial charge in [-0.3, -0.25) is 9.69 Å². The molecule has 2 aliphatic heterocycles. The fourth-order valence-corrected chi connectivity index (χ4v) is 5.55. The summed E-state index contributed by atoms with van der Waals surface area (Å²) in [7, 11) is -3.16. The number of sulfone groups is 1. The van der Waals surface area contributed by atoms with Crippen LogP contribution in [0.25, 0.3) is 0 Å². The quantitative estimate of drug-likeness (QED) is 0.813. The summed E-state index contributed by atoms with van der Waals surface area (Å²) in [5, 5.41) is 8.97. The molecule has 0 radical (unpaired) electrons. The van der Waals surface area contributed by atoms with Crippen LogP contribution in [0.2, 0.25) is 0 Å². The molecule has 2 aliphatic rings. The van der Waals surface area contributed by atoms with Crippen molar-refractivity contribution in [2.45, 2.75) is 32.0 Å². The third-order valence-corrected chi connectivity index (χ3v) is 6.29. The van der Waals surface area contributed by atoms with Crippen molar-refractivity contribution in [2.75, 3.05) is 31.2 Å². The van der Waals surface area contributed by atoms with Gasteiger partial charge in [-0.25, -0.2) is 8.42 Å². The number of aryl methyl sites for hydroxylation is 1. The molecule has 7 nitrogen and oxygen atoms in total. The minimum Gasteiger partial charge on any atom is -0.465 e. The Morgan fingerprint density at radius 3 is 2.70 bits per heavy atom. The number of hydrogen-bond acceptors (Lipinski definition) is 6. The lowest BCUT2D eigenvalue weighted by atomic mass is 10.0. The van der Waals surface area contributed by atoms with Gasteiger partial charge < -0.3 is 14.4 Å². The Bertz CT molecular complexity index is 684. The third-order valence-electron chi connectivity index (χ3n) is 4.59. The van der Waals surface area contributed by atoms with E-state index in [4.69, 9.17) is 9.52 Å². The van der Waals surface area contributed by atoms with Crippen molar-refractivity contribution in [1.29, 1.82) is 0 Å². The molecule has 0 bridgehead atoms. The second kappa shape index (κ2) is 6.26. The van der Waals surface area contributed by atoms with Gasteiger partial charge in [0.2, 0.25) is 5.91 Å². The summed E-state index contributed by atoms with van der Waals surface area (Å²) in [6.07, 6.45) is 0.0423. The Hall–Kier alpha value is -1.38. The molecule has 0 saturated carbocycles. The second-order valence-electron chi connectivity index (χ2n) is 6.26. The van der Waals surface area contributed by atoms with E-state index in [9.17, 15) is 13.2 Å². The molecule has 1 aromatic heterocycles. The highest BCUT2D eigenvalue weighted by Gasteiger charge is 2.47. The first-order valence-corrected chi connectivity index (χ1v) is 9.62. The Morgan fingerprint density at radius 1 is 1.30 bits per heavy atom. The van der Waals surface area contributed by atoms with Gasteiger partial charge in [-0.05, 0) is 19.1 Å². The highest BCUT2D eigenvalue weighted by Crippen LogP contribution is 2.28. The summed E-state index contributed by atoms with van der Waals surface area (Å²) in [6, 6.07) is 3.25. The monoisotopic (exact) mass is 342 g/mol. The SMILES string of the molecule is Cc1ccc(CN2CCN(C(=O)CCO)[C@H]3CS(=O)(=O)C[C@H]32)o1. The molecule has 128 valence electrons. The molecule has 8 heteroatoms. The number of amides is 1. The molecule has 0 aliphatic carbocycles. The molecule has 0 aromatic carbocycles. The van der Waals surface area contributed by atoms with E-state index in [0.717, 1.165) is 11.5 Å². The van der Waals surface area contributed by atoms with Gasteiger partial charge >= 0.3 is 0 Å². The predicted molar refractivity (Wildman–Crippen MR) is 83.5 cm³/mol. The highest BCUT2D eigenvalue weighted by molar-refractivity contribution is 7.91. The van der Waals surface area contributed by atoms with Crippen molar-refractivity contribution in [2.24, 2.45) is 0 Å². The molecule has 2 fully saturated rings. The fourth-order valence-electron chi connectivity index (χ4n) is 3.54. The van der Waals surface area contributed by atoms with E-state index in [0.29, 0.717) is 19.6 Å². The zero-order valence-electron chi connectivity index (χ0n) is 13.1. The lowest BCUT2D eigenvalue weighted by Crippen LogP contribution is -2.60. The van der Waals surface area contributed by atoms with Crippen LogP contribution in [0.4, 0.5) is 0 Å². The molecular weight excluding hydrogens is 320 g/mol. The van der Waals surface area contributed by atoms with Crippen LogP contribution >= 0.6 is 0 Å². The Morgan fingerprint density at radius 2 is 2.04 bits per heavy atom. The van der Waals surface area contributed by atoms with Crippen molar-refractivity contribution < 1.29 is 22.7 Å². The smallest absolute Gasteiger partial charge is 0.225 e. The van der Waals surface area contributed by atoms with Gasteiger partial charge in [0.1, 0.15) is 11.5 Å². The zero-order chi connectivity index (χ0) is 16.6. The summed E-state index contributed by atoms with van der Waals surface area (Å²) in [5.41, 5.74) is 0. The van der Waals surface area contributed by atoms with E-state index >= 15 is 0 Å². The maximum absolute atomic E-state index is 12.2. The number of carbonyl (C=O) groups excluding carboxylic acids is 1. The lowest BCUT2D eigenvalue weighted by molar-refractivity contribution is -0.137. The number of carbonyl (C=O) groups is 1. The summed E-state index contributed by atoms with van der Waals surface area (Å²) < 4.78 is 29.8. The van der Waals surface area contributed by atoms with Crippen molar-refractivity contribution in [3.8, 4) is 0 Å². The van der Waals surface area contributed by atoms with Gasteiger partial charge in [0.25, 0.3) is 0 Å². The van der Waals surface area contributed by atoms with Crippen LogP contribution in [-0.4, -0.2) is 72.5 Å². The number of rotatable bonds is 4. The van der Waals surface area contributed by atoms with E-state index in [-0.39, 0.29) is 42.5 Å². The number of aliphatic hydroxyl groups excluding tert-OH is 1. The summed E-state index contributed by atoms with van der Waals surface area (Å²) in [6.45, 7) is 3.29. The van der Waals surface area contributed by atoms with Gasteiger partial charge in [-0.1, -0.05) is 0 Å². The van der Waals surface area contributed by atoms with Gasteiger partial charge in [0.05, 0.1) is 30.7 Å².